The normalized spacial score (nSPS) is 11.8. The number of carbonyl (C=O) groups is 1. The van der Waals surface area contributed by atoms with Gasteiger partial charge in [-0.2, -0.15) is 0 Å². The molecule has 2 N–H and O–H groups in total. The summed E-state index contributed by atoms with van der Waals surface area (Å²) in [7, 11) is 0. The van der Waals surface area contributed by atoms with E-state index >= 15 is 0 Å². The molecule has 0 aliphatic carbocycles. The molecule has 0 saturated heterocycles. The number of hydrogen-bond donors (Lipinski definition) is 2. The van der Waals surface area contributed by atoms with E-state index in [4.69, 9.17) is 5.11 Å². The zero-order valence-corrected chi connectivity index (χ0v) is 9.87. The molecule has 0 saturated carbocycles. The molecule has 0 aliphatic heterocycles. The Balaban J connectivity index is 2.20. The maximum Gasteiger partial charge on any atom is 0.310 e. The Morgan fingerprint density at radius 2 is 2.00 bits per heavy atom. The molecular weight excluding hydrogens is 230 g/mol. The Bertz CT molecular complexity index is 543. The molecule has 0 bridgehead atoms. The number of benzene rings is 1. The lowest BCUT2D eigenvalue weighted by molar-refractivity contribution is -0.138. The van der Waals surface area contributed by atoms with Gasteiger partial charge >= 0.3 is 5.97 Å². The topological polar surface area (TPSA) is 75.1 Å². The second kappa shape index (κ2) is 5.27. The van der Waals surface area contributed by atoms with Gasteiger partial charge in [-0.3, -0.25) is 4.79 Å². The number of rotatable bonds is 4. The molecule has 5 heteroatoms. The molecule has 18 heavy (non-hydrogen) atoms. The van der Waals surface area contributed by atoms with Gasteiger partial charge in [0, 0.05) is 18.1 Å². The van der Waals surface area contributed by atoms with Crippen molar-refractivity contribution in [2.24, 2.45) is 0 Å². The summed E-state index contributed by atoms with van der Waals surface area (Å²) in [6.07, 6.45) is 3.28. The highest BCUT2D eigenvalue weighted by Gasteiger charge is 2.13. The number of carboxylic acids is 1. The minimum absolute atomic E-state index is 0.484. The van der Waals surface area contributed by atoms with Crippen molar-refractivity contribution in [3.63, 3.8) is 0 Å². The predicted octanol–water partition coefficient (Wildman–Crippen LogP) is 2.41. The fraction of sp³-hybridized carbons (Fsp3) is 0.154. The van der Waals surface area contributed by atoms with Crippen LogP contribution in [0.15, 0.2) is 42.7 Å². The number of anilines is 2. The Hall–Kier alpha value is -2.43. The molecule has 92 valence electrons. The van der Waals surface area contributed by atoms with Crippen LogP contribution in [0, 0.1) is 0 Å². The van der Waals surface area contributed by atoms with E-state index in [0.717, 1.165) is 11.3 Å². The first-order valence-corrected chi connectivity index (χ1v) is 5.53. The molecule has 2 aromatic rings. The van der Waals surface area contributed by atoms with Crippen molar-refractivity contribution in [1.29, 1.82) is 0 Å². The van der Waals surface area contributed by atoms with Crippen LogP contribution in [-0.4, -0.2) is 21.0 Å². The van der Waals surface area contributed by atoms with E-state index in [9.17, 15) is 4.79 Å². The fourth-order valence-electron chi connectivity index (χ4n) is 1.52. The van der Waals surface area contributed by atoms with Gasteiger partial charge < -0.3 is 10.4 Å². The van der Waals surface area contributed by atoms with E-state index in [1.165, 1.54) is 0 Å². The second-order valence-electron chi connectivity index (χ2n) is 3.88. The highest BCUT2D eigenvalue weighted by molar-refractivity contribution is 5.76. The molecule has 1 atom stereocenters. The van der Waals surface area contributed by atoms with Crippen LogP contribution in [0.4, 0.5) is 11.6 Å². The summed E-state index contributed by atoms with van der Waals surface area (Å²) in [6, 6.07) is 8.95. The standard InChI is InChI=1S/C13H13N3O2/c1-9(12(17)18)10-4-2-5-11(8-10)16-13-14-6-3-7-15-13/h2-9H,1H3,(H,17,18)(H,14,15,16). The van der Waals surface area contributed by atoms with Gasteiger partial charge in [0.2, 0.25) is 5.95 Å². The first-order chi connectivity index (χ1) is 8.66. The molecule has 0 aliphatic rings. The first-order valence-electron chi connectivity index (χ1n) is 5.53. The summed E-state index contributed by atoms with van der Waals surface area (Å²) in [5.74, 6) is -0.899. The van der Waals surface area contributed by atoms with Crippen molar-refractivity contribution in [1.82, 2.24) is 9.97 Å². The molecule has 0 fully saturated rings. The van der Waals surface area contributed by atoms with Crippen LogP contribution >= 0.6 is 0 Å². The van der Waals surface area contributed by atoms with Gasteiger partial charge in [-0.25, -0.2) is 9.97 Å². The first kappa shape index (κ1) is 12.0. The minimum atomic E-state index is -0.844. The van der Waals surface area contributed by atoms with Crippen molar-refractivity contribution < 1.29 is 9.90 Å². The minimum Gasteiger partial charge on any atom is -0.481 e. The number of carboxylic acid groups (broad SMARTS) is 1. The fourth-order valence-corrected chi connectivity index (χ4v) is 1.52. The van der Waals surface area contributed by atoms with Crippen LogP contribution in [-0.2, 0) is 4.79 Å². The zero-order valence-electron chi connectivity index (χ0n) is 9.87. The van der Waals surface area contributed by atoms with Crippen LogP contribution in [0.3, 0.4) is 0 Å². The molecule has 1 aromatic carbocycles. The molecule has 2 rings (SSSR count). The quantitative estimate of drug-likeness (QED) is 0.862. The van der Waals surface area contributed by atoms with Gasteiger partial charge in [0.15, 0.2) is 0 Å². The van der Waals surface area contributed by atoms with Crippen molar-refractivity contribution in [2.45, 2.75) is 12.8 Å². The average molecular weight is 243 g/mol. The maximum absolute atomic E-state index is 10.9. The van der Waals surface area contributed by atoms with Crippen LogP contribution < -0.4 is 5.32 Å². The smallest absolute Gasteiger partial charge is 0.310 e. The van der Waals surface area contributed by atoms with Crippen LogP contribution in [0.2, 0.25) is 0 Å². The Labute approximate surface area is 105 Å². The summed E-state index contributed by atoms with van der Waals surface area (Å²) in [5.41, 5.74) is 1.51. The third-order valence-electron chi connectivity index (χ3n) is 2.58. The van der Waals surface area contributed by atoms with Crippen molar-refractivity contribution in [3.8, 4) is 0 Å². The lowest BCUT2D eigenvalue weighted by Crippen LogP contribution is -2.07. The van der Waals surface area contributed by atoms with Crippen molar-refractivity contribution in [3.05, 3.63) is 48.3 Å². The van der Waals surface area contributed by atoms with E-state index in [1.54, 1.807) is 43.6 Å². The summed E-state index contributed by atoms with van der Waals surface area (Å²) >= 11 is 0. The monoisotopic (exact) mass is 243 g/mol. The van der Waals surface area contributed by atoms with E-state index in [-0.39, 0.29) is 0 Å². The van der Waals surface area contributed by atoms with E-state index < -0.39 is 11.9 Å². The molecule has 0 amide bonds. The molecule has 5 nitrogen and oxygen atoms in total. The number of nitrogens with zero attached hydrogens (tertiary/aromatic N) is 2. The van der Waals surface area contributed by atoms with Crippen LogP contribution in [0.25, 0.3) is 0 Å². The number of aliphatic carboxylic acids is 1. The Kier molecular flexibility index (Phi) is 3.52. The predicted molar refractivity (Wildman–Crippen MR) is 67.8 cm³/mol. The average Bonchev–Trinajstić information content (AvgIpc) is 2.39. The van der Waals surface area contributed by atoms with Crippen molar-refractivity contribution >= 4 is 17.6 Å². The summed E-state index contributed by atoms with van der Waals surface area (Å²) in [4.78, 5) is 19.0. The Morgan fingerprint density at radius 3 is 2.67 bits per heavy atom. The van der Waals surface area contributed by atoms with E-state index in [0.29, 0.717) is 5.95 Å². The van der Waals surface area contributed by atoms with Gasteiger partial charge in [-0.05, 0) is 30.7 Å². The molecule has 0 spiro atoms. The van der Waals surface area contributed by atoms with E-state index in [1.807, 2.05) is 6.07 Å². The third kappa shape index (κ3) is 2.82. The zero-order chi connectivity index (χ0) is 13.0. The maximum atomic E-state index is 10.9. The highest BCUT2D eigenvalue weighted by Crippen LogP contribution is 2.20. The van der Waals surface area contributed by atoms with Gasteiger partial charge in [0.05, 0.1) is 5.92 Å². The number of nitrogens with one attached hydrogen (secondary N) is 1. The third-order valence-corrected chi connectivity index (χ3v) is 2.58. The largest absolute Gasteiger partial charge is 0.481 e. The van der Waals surface area contributed by atoms with Gasteiger partial charge in [-0.1, -0.05) is 12.1 Å². The SMILES string of the molecule is CC(C(=O)O)c1cccc(Nc2ncccn2)c1. The van der Waals surface area contributed by atoms with Crippen LogP contribution in [0.1, 0.15) is 18.4 Å². The van der Waals surface area contributed by atoms with E-state index in [2.05, 4.69) is 15.3 Å². The second-order valence-corrected chi connectivity index (χ2v) is 3.88. The lowest BCUT2D eigenvalue weighted by atomic mass is 10.0. The molecule has 0 radical (unpaired) electrons. The number of aromatic nitrogens is 2. The molecule has 1 heterocycles. The summed E-state index contributed by atoms with van der Waals surface area (Å²) < 4.78 is 0. The number of hydrogen-bond acceptors (Lipinski definition) is 4. The summed E-state index contributed by atoms with van der Waals surface area (Å²) in [6.45, 7) is 1.65. The molecular formula is C13H13N3O2. The van der Waals surface area contributed by atoms with Gasteiger partial charge in [0.25, 0.3) is 0 Å². The molecule has 1 aromatic heterocycles. The Morgan fingerprint density at radius 1 is 1.28 bits per heavy atom. The summed E-state index contributed by atoms with van der Waals surface area (Å²) in [5, 5.41) is 12.0. The lowest BCUT2D eigenvalue weighted by Gasteiger charge is -2.09. The van der Waals surface area contributed by atoms with Crippen molar-refractivity contribution in [2.75, 3.05) is 5.32 Å². The van der Waals surface area contributed by atoms with Crippen LogP contribution in [0.5, 0.6) is 0 Å². The molecule has 1 unspecified atom stereocenters. The van der Waals surface area contributed by atoms with Gasteiger partial charge in [-0.15, -0.1) is 0 Å². The highest BCUT2D eigenvalue weighted by atomic mass is 16.4. The van der Waals surface area contributed by atoms with Gasteiger partial charge in [0.1, 0.15) is 0 Å².